The van der Waals surface area contributed by atoms with E-state index in [0.717, 1.165) is 5.56 Å². The SMILES string of the molecule is CC(C(=N)N)c1ccccc1. The molecule has 58 valence electrons. The van der Waals surface area contributed by atoms with Crippen LogP contribution in [0.15, 0.2) is 30.3 Å². The maximum absolute atomic E-state index is 7.22. The molecule has 0 aliphatic carbocycles. The smallest absolute Gasteiger partial charge is 0.0979 e. The number of rotatable bonds is 2. The van der Waals surface area contributed by atoms with E-state index in [9.17, 15) is 0 Å². The molecule has 11 heavy (non-hydrogen) atoms. The van der Waals surface area contributed by atoms with Gasteiger partial charge < -0.3 is 5.73 Å². The van der Waals surface area contributed by atoms with Crippen LogP contribution < -0.4 is 5.73 Å². The van der Waals surface area contributed by atoms with Crippen LogP contribution in [0.2, 0.25) is 0 Å². The first-order valence-electron chi connectivity index (χ1n) is 3.60. The Morgan fingerprint density at radius 3 is 2.36 bits per heavy atom. The zero-order valence-corrected chi connectivity index (χ0v) is 6.54. The zero-order valence-electron chi connectivity index (χ0n) is 6.54. The lowest BCUT2D eigenvalue weighted by Gasteiger charge is -2.08. The molecule has 0 aliphatic heterocycles. The first-order chi connectivity index (χ1) is 5.22. The summed E-state index contributed by atoms with van der Waals surface area (Å²) in [6.45, 7) is 1.93. The molecule has 0 heterocycles. The summed E-state index contributed by atoms with van der Waals surface area (Å²) >= 11 is 0. The van der Waals surface area contributed by atoms with Crippen molar-refractivity contribution in [1.82, 2.24) is 0 Å². The lowest BCUT2D eigenvalue weighted by atomic mass is 10.0. The van der Waals surface area contributed by atoms with Crippen LogP contribution >= 0.6 is 0 Å². The minimum atomic E-state index is 0.0381. The summed E-state index contributed by atoms with van der Waals surface area (Å²) in [7, 11) is 0. The summed E-state index contributed by atoms with van der Waals surface area (Å²) in [5, 5.41) is 7.22. The van der Waals surface area contributed by atoms with Gasteiger partial charge in [-0.1, -0.05) is 37.3 Å². The molecule has 2 nitrogen and oxygen atoms in total. The van der Waals surface area contributed by atoms with Crippen LogP contribution in [0.4, 0.5) is 0 Å². The summed E-state index contributed by atoms with van der Waals surface area (Å²) in [4.78, 5) is 0. The largest absolute Gasteiger partial charge is 0.387 e. The van der Waals surface area contributed by atoms with Gasteiger partial charge in [-0.3, -0.25) is 5.41 Å². The first kappa shape index (κ1) is 7.79. The summed E-state index contributed by atoms with van der Waals surface area (Å²) in [5.41, 5.74) is 6.45. The van der Waals surface area contributed by atoms with Crippen molar-refractivity contribution in [2.45, 2.75) is 12.8 Å². The van der Waals surface area contributed by atoms with Crippen LogP contribution in [0.25, 0.3) is 0 Å². The van der Waals surface area contributed by atoms with Gasteiger partial charge in [0, 0.05) is 5.92 Å². The van der Waals surface area contributed by atoms with Gasteiger partial charge in [0.05, 0.1) is 5.84 Å². The quantitative estimate of drug-likeness (QED) is 0.487. The lowest BCUT2D eigenvalue weighted by molar-refractivity contribution is 0.992. The topological polar surface area (TPSA) is 49.9 Å². The fourth-order valence-electron chi connectivity index (χ4n) is 0.921. The Hall–Kier alpha value is -1.31. The molecule has 1 atom stereocenters. The highest BCUT2D eigenvalue weighted by Crippen LogP contribution is 2.12. The van der Waals surface area contributed by atoms with E-state index in [1.807, 2.05) is 37.3 Å². The number of nitrogens with two attached hydrogens (primary N) is 1. The lowest BCUT2D eigenvalue weighted by Crippen LogP contribution is -2.17. The van der Waals surface area contributed by atoms with Gasteiger partial charge in [0.25, 0.3) is 0 Å². The molecular formula is C9H12N2. The summed E-state index contributed by atoms with van der Waals surface area (Å²) in [6, 6.07) is 9.82. The number of nitrogens with one attached hydrogen (secondary N) is 1. The molecule has 0 radical (unpaired) electrons. The molecular weight excluding hydrogens is 136 g/mol. The van der Waals surface area contributed by atoms with Crippen LogP contribution in [-0.4, -0.2) is 5.84 Å². The fourth-order valence-corrected chi connectivity index (χ4v) is 0.921. The van der Waals surface area contributed by atoms with Crippen molar-refractivity contribution in [3.05, 3.63) is 35.9 Å². The highest BCUT2D eigenvalue weighted by atomic mass is 14.7. The molecule has 0 bridgehead atoms. The van der Waals surface area contributed by atoms with Crippen LogP contribution in [0, 0.1) is 5.41 Å². The molecule has 1 unspecified atom stereocenters. The Morgan fingerprint density at radius 1 is 1.36 bits per heavy atom. The van der Waals surface area contributed by atoms with Gasteiger partial charge in [-0.15, -0.1) is 0 Å². The Bertz CT molecular complexity index is 241. The van der Waals surface area contributed by atoms with E-state index >= 15 is 0 Å². The normalized spacial score (nSPS) is 12.5. The Labute approximate surface area is 66.6 Å². The van der Waals surface area contributed by atoms with E-state index in [0.29, 0.717) is 0 Å². The second-order valence-electron chi connectivity index (χ2n) is 2.59. The van der Waals surface area contributed by atoms with Gasteiger partial charge in [-0.2, -0.15) is 0 Å². The van der Waals surface area contributed by atoms with Crippen molar-refractivity contribution >= 4 is 5.84 Å². The molecule has 3 N–H and O–H groups in total. The van der Waals surface area contributed by atoms with E-state index < -0.39 is 0 Å². The van der Waals surface area contributed by atoms with Gasteiger partial charge in [-0.25, -0.2) is 0 Å². The summed E-state index contributed by atoms with van der Waals surface area (Å²) in [6.07, 6.45) is 0. The predicted molar refractivity (Wildman–Crippen MR) is 46.8 cm³/mol. The van der Waals surface area contributed by atoms with Crippen LogP contribution in [-0.2, 0) is 0 Å². The molecule has 0 aliphatic rings. The first-order valence-corrected chi connectivity index (χ1v) is 3.60. The molecule has 1 rings (SSSR count). The monoisotopic (exact) mass is 148 g/mol. The second-order valence-corrected chi connectivity index (χ2v) is 2.59. The van der Waals surface area contributed by atoms with Gasteiger partial charge in [0.15, 0.2) is 0 Å². The maximum Gasteiger partial charge on any atom is 0.0979 e. The third-order valence-corrected chi connectivity index (χ3v) is 1.77. The second kappa shape index (κ2) is 3.19. The zero-order chi connectivity index (χ0) is 8.27. The number of amidine groups is 1. The third-order valence-electron chi connectivity index (χ3n) is 1.77. The molecule has 0 saturated heterocycles. The van der Waals surface area contributed by atoms with Gasteiger partial charge in [0.1, 0.15) is 0 Å². The molecule has 0 aromatic heterocycles. The molecule has 0 spiro atoms. The average Bonchev–Trinajstić information content (AvgIpc) is 2.05. The molecule has 0 fully saturated rings. The van der Waals surface area contributed by atoms with Crippen LogP contribution in [0.3, 0.4) is 0 Å². The molecule has 0 saturated carbocycles. The summed E-state index contributed by atoms with van der Waals surface area (Å²) in [5.74, 6) is 0.257. The minimum absolute atomic E-state index is 0.0381. The fraction of sp³-hybridized carbons (Fsp3) is 0.222. The molecule has 1 aromatic carbocycles. The van der Waals surface area contributed by atoms with Gasteiger partial charge in [-0.05, 0) is 5.56 Å². The third kappa shape index (κ3) is 1.80. The maximum atomic E-state index is 7.22. The average molecular weight is 148 g/mol. The van der Waals surface area contributed by atoms with Crippen LogP contribution in [0.5, 0.6) is 0 Å². The number of benzene rings is 1. The van der Waals surface area contributed by atoms with Crippen molar-refractivity contribution < 1.29 is 0 Å². The highest BCUT2D eigenvalue weighted by molar-refractivity contribution is 5.84. The van der Waals surface area contributed by atoms with Crippen molar-refractivity contribution in [3.8, 4) is 0 Å². The van der Waals surface area contributed by atoms with E-state index in [4.69, 9.17) is 11.1 Å². The van der Waals surface area contributed by atoms with Gasteiger partial charge >= 0.3 is 0 Å². The molecule has 0 amide bonds. The van der Waals surface area contributed by atoms with Crippen molar-refractivity contribution in [3.63, 3.8) is 0 Å². The highest BCUT2D eigenvalue weighted by Gasteiger charge is 2.05. The standard InChI is InChI=1S/C9H12N2/c1-7(9(10)11)8-5-3-2-4-6-8/h2-7H,1H3,(H3,10,11). The van der Waals surface area contributed by atoms with Crippen LogP contribution in [0.1, 0.15) is 18.4 Å². The number of hydrogen-bond donors (Lipinski definition) is 2. The van der Waals surface area contributed by atoms with E-state index in [1.54, 1.807) is 0 Å². The minimum Gasteiger partial charge on any atom is -0.387 e. The van der Waals surface area contributed by atoms with E-state index in [2.05, 4.69) is 0 Å². The van der Waals surface area contributed by atoms with Crippen molar-refractivity contribution in [2.24, 2.45) is 5.73 Å². The van der Waals surface area contributed by atoms with Crippen molar-refractivity contribution in [1.29, 1.82) is 5.41 Å². The molecule has 1 aromatic rings. The van der Waals surface area contributed by atoms with Crippen molar-refractivity contribution in [2.75, 3.05) is 0 Å². The summed E-state index contributed by atoms with van der Waals surface area (Å²) < 4.78 is 0. The number of hydrogen-bond acceptors (Lipinski definition) is 1. The Morgan fingerprint density at radius 2 is 1.91 bits per heavy atom. The van der Waals surface area contributed by atoms with Gasteiger partial charge in [0.2, 0.25) is 0 Å². The van der Waals surface area contributed by atoms with E-state index in [1.165, 1.54) is 0 Å². The Kier molecular flexibility index (Phi) is 2.26. The predicted octanol–water partition coefficient (Wildman–Crippen LogP) is 1.73. The van der Waals surface area contributed by atoms with E-state index in [-0.39, 0.29) is 11.8 Å². The molecule has 2 heteroatoms. The Balaban J connectivity index is 2.85.